The Hall–Kier alpha value is -5.26. The number of aromatic nitrogens is 1. The van der Waals surface area contributed by atoms with Crippen LogP contribution >= 0.6 is 0 Å². The summed E-state index contributed by atoms with van der Waals surface area (Å²) in [6, 6.07) is 14.6. The van der Waals surface area contributed by atoms with E-state index in [0.717, 1.165) is 12.1 Å². The Balaban J connectivity index is 1.60. The topological polar surface area (TPSA) is 112 Å². The summed E-state index contributed by atoms with van der Waals surface area (Å²) in [7, 11) is 0. The average Bonchev–Trinajstić information content (AvgIpc) is 3.46. The Morgan fingerprint density at radius 1 is 1.02 bits per heavy atom. The predicted octanol–water partition coefficient (Wildman–Crippen LogP) is 6.37. The third kappa shape index (κ3) is 6.48. The monoisotopic (exact) mass is 583 g/mol. The molecule has 218 valence electrons. The van der Waals surface area contributed by atoms with Gasteiger partial charge in [0.25, 0.3) is 0 Å². The zero-order valence-electron chi connectivity index (χ0n) is 24.7. The lowest BCUT2D eigenvalue weighted by atomic mass is 9.96. The number of halogens is 3. The smallest absolute Gasteiger partial charge is 0.131 e. The maximum atomic E-state index is 14.4. The number of pyridine rings is 1. The van der Waals surface area contributed by atoms with E-state index in [1.165, 1.54) is 53.8 Å². The van der Waals surface area contributed by atoms with E-state index in [4.69, 9.17) is 0 Å². The van der Waals surface area contributed by atoms with Gasteiger partial charge in [-0.3, -0.25) is 9.99 Å². The Morgan fingerprint density at radius 3 is 2.37 bits per heavy atom. The summed E-state index contributed by atoms with van der Waals surface area (Å²) in [6.07, 6.45) is 2.90. The number of fused-ring (bicyclic) bond motifs is 1. The van der Waals surface area contributed by atoms with Gasteiger partial charge in [0.05, 0.1) is 42.0 Å². The number of benzene rings is 3. The normalized spacial score (nSPS) is 14.7. The minimum absolute atomic E-state index is 0.125. The third-order valence-corrected chi connectivity index (χ3v) is 6.69. The Kier molecular flexibility index (Phi) is 7.73. The number of hydrogen-bond donors (Lipinski definition) is 4. The van der Waals surface area contributed by atoms with Crippen LogP contribution in [0.5, 0.6) is 0 Å². The number of hydrazine groups is 2. The molecular formula is C32H29F3N8. The van der Waals surface area contributed by atoms with Gasteiger partial charge in [-0.1, -0.05) is 39.0 Å². The highest BCUT2D eigenvalue weighted by Gasteiger charge is 2.25. The van der Waals surface area contributed by atoms with Gasteiger partial charge in [0.15, 0.2) is 0 Å². The number of anilines is 2. The van der Waals surface area contributed by atoms with Crippen LogP contribution in [0.2, 0.25) is 0 Å². The molecule has 4 N–H and O–H groups in total. The van der Waals surface area contributed by atoms with Gasteiger partial charge in [0.2, 0.25) is 0 Å². The first-order chi connectivity index (χ1) is 20.9. The van der Waals surface area contributed by atoms with Gasteiger partial charge >= 0.3 is 0 Å². The number of rotatable bonds is 8. The molecule has 0 radical (unpaired) electrons. The first-order valence-electron chi connectivity index (χ1n) is 13.9. The molecule has 4 aromatic rings. The highest BCUT2D eigenvalue weighted by Crippen LogP contribution is 2.34. The molecule has 0 amide bonds. The predicted molar refractivity (Wildman–Crippen MR) is 158 cm³/mol. The number of nitriles is 2. The number of hydrogen-bond acceptors (Lipinski definition) is 8. The van der Waals surface area contributed by atoms with Gasteiger partial charge in [-0.25, -0.2) is 13.2 Å². The van der Waals surface area contributed by atoms with E-state index < -0.39 is 23.5 Å². The SMILES string of the molecule is [2H]C(Nc1cc(C#N)c2ncc(C#N)c(NCC(C)(C)C)c2c1)(C1=CN(Cc2c(F)cccc2F)NN1)c1ccc(F)cc1. The van der Waals surface area contributed by atoms with E-state index in [2.05, 4.69) is 38.7 Å². The molecule has 0 saturated carbocycles. The molecule has 3 aromatic carbocycles. The molecule has 0 spiro atoms. The maximum Gasteiger partial charge on any atom is 0.131 e. The highest BCUT2D eigenvalue weighted by molar-refractivity contribution is 5.99. The van der Waals surface area contributed by atoms with Crippen LogP contribution in [0.1, 0.15) is 50.4 Å². The van der Waals surface area contributed by atoms with Gasteiger partial charge in [0.1, 0.15) is 29.6 Å². The van der Waals surface area contributed by atoms with Crippen molar-refractivity contribution in [2.45, 2.75) is 33.3 Å². The summed E-state index contributed by atoms with van der Waals surface area (Å²) in [5.41, 5.74) is 7.65. The molecule has 1 aliphatic rings. The quantitative estimate of drug-likeness (QED) is 0.189. The van der Waals surface area contributed by atoms with E-state index in [1.807, 2.05) is 20.8 Å². The van der Waals surface area contributed by atoms with Crippen molar-refractivity contribution in [2.75, 3.05) is 17.2 Å². The van der Waals surface area contributed by atoms with Crippen LogP contribution in [-0.2, 0) is 6.54 Å². The number of nitrogens with zero attached hydrogens (tertiary/aromatic N) is 4. The fraction of sp³-hybridized carbons (Fsp3) is 0.219. The molecule has 11 heteroatoms. The Labute approximate surface area is 248 Å². The van der Waals surface area contributed by atoms with Crippen LogP contribution in [-0.4, -0.2) is 16.5 Å². The first-order valence-corrected chi connectivity index (χ1v) is 13.4. The van der Waals surface area contributed by atoms with Crippen LogP contribution in [0.15, 0.2) is 72.7 Å². The van der Waals surface area contributed by atoms with Crippen molar-refractivity contribution in [1.29, 1.82) is 10.5 Å². The van der Waals surface area contributed by atoms with Crippen LogP contribution in [0.3, 0.4) is 0 Å². The van der Waals surface area contributed by atoms with E-state index >= 15 is 0 Å². The molecule has 1 aliphatic heterocycles. The van der Waals surface area contributed by atoms with Gasteiger partial charge in [-0.05, 0) is 47.4 Å². The van der Waals surface area contributed by atoms with E-state index in [9.17, 15) is 25.1 Å². The molecule has 0 bridgehead atoms. The summed E-state index contributed by atoms with van der Waals surface area (Å²) in [5.74, 6) is -1.94. The third-order valence-electron chi connectivity index (χ3n) is 6.69. The highest BCUT2D eigenvalue weighted by atomic mass is 19.1. The molecule has 1 atom stereocenters. The standard InChI is InChI=1S/C32H29F3N8/c1-32(2,3)18-39-30-21(14-37)15-38-29-20(13-36)11-23(12-24(29)30)40-31(19-7-9-22(33)10-8-19)28-17-43(42-41-28)16-25-26(34)5-4-6-27(25)35/h4-12,15,17,31,40-42H,16,18H2,1-3H3,(H,38,39)/i31D. The van der Waals surface area contributed by atoms with Crippen LogP contribution in [0, 0.1) is 45.5 Å². The average molecular weight is 584 g/mol. The largest absolute Gasteiger partial charge is 0.383 e. The van der Waals surface area contributed by atoms with Crippen LogP contribution in [0.25, 0.3) is 10.9 Å². The summed E-state index contributed by atoms with van der Waals surface area (Å²) in [4.78, 5) is 4.37. The van der Waals surface area contributed by atoms with Crippen LogP contribution in [0.4, 0.5) is 24.5 Å². The van der Waals surface area contributed by atoms with Gasteiger partial charge < -0.3 is 16.1 Å². The second kappa shape index (κ2) is 11.9. The molecule has 43 heavy (non-hydrogen) atoms. The minimum Gasteiger partial charge on any atom is -0.383 e. The zero-order valence-corrected chi connectivity index (χ0v) is 23.7. The van der Waals surface area contributed by atoms with E-state index in [0.29, 0.717) is 39.9 Å². The van der Waals surface area contributed by atoms with Crippen molar-refractivity contribution in [3.63, 3.8) is 0 Å². The lowest BCUT2D eigenvalue weighted by molar-refractivity contribution is 0.255. The first kappa shape index (κ1) is 27.9. The molecule has 0 saturated heterocycles. The molecule has 1 unspecified atom stereocenters. The maximum absolute atomic E-state index is 14.4. The zero-order chi connectivity index (χ0) is 31.6. The Morgan fingerprint density at radius 2 is 1.72 bits per heavy atom. The van der Waals surface area contributed by atoms with Gasteiger partial charge in [-0.2, -0.15) is 10.5 Å². The van der Waals surface area contributed by atoms with Crippen molar-refractivity contribution in [3.05, 3.63) is 112 Å². The van der Waals surface area contributed by atoms with Gasteiger partial charge in [-0.15, -0.1) is 5.53 Å². The fourth-order valence-electron chi connectivity index (χ4n) is 4.56. The molecule has 0 fully saturated rings. The summed E-state index contributed by atoms with van der Waals surface area (Å²) in [5, 5.41) is 28.2. The van der Waals surface area contributed by atoms with Crippen LogP contribution < -0.4 is 21.6 Å². The molecule has 0 aliphatic carbocycles. The van der Waals surface area contributed by atoms with Crippen molar-refractivity contribution in [2.24, 2.45) is 5.41 Å². The second-order valence-corrected chi connectivity index (χ2v) is 11.2. The second-order valence-electron chi connectivity index (χ2n) is 11.2. The summed E-state index contributed by atoms with van der Waals surface area (Å²) in [6.45, 7) is 6.45. The van der Waals surface area contributed by atoms with Crippen molar-refractivity contribution >= 4 is 22.3 Å². The van der Waals surface area contributed by atoms with Crippen molar-refractivity contribution in [3.8, 4) is 12.1 Å². The Bertz CT molecular complexity index is 1820. The molecule has 1 aromatic heterocycles. The lowest BCUT2D eigenvalue weighted by Gasteiger charge is -2.23. The molecular weight excluding hydrogens is 553 g/mol. The van der Waals surface area contributed by atoms with Crippen molar-refractivity contribution in [1.82, 2.24) is 21.0 Å². The number of nitrogens with one attached hydrogen (secondary N) is 4. The lowest BCUT2D eigenvalue weighted by Crippen LogP contribution is -2.37. The fourth-order valence-corrected chi connectivity index (χ4v) is 4.56. The minimum atomic E-state index is -1.82. The summed E-state index contributed by atoms with van der Waals surface area (Å²) < 4.78 is 52.2. The van der Waals surface area contributed by atoms with Crippen molar-refractivity contribution < 1.29 is 14.5 Å². The molecule has 5 rings (SSSR count). The van der Waals surface area contributed by atoms with Gasteiger partial charge in [0, 0.05) is 35.6 Å². The molecule has 8 nitrogen and oxygen atoms in total. The van der Waals surface area contributed by atoms with E-state index in [1.54, 1.807) is 6.07 Å². The van der Waals surface area contributed by atoms with E-state index in [-0.39, 0.29) is 28.8 Å². The molecule has 2 heterocycles. The summed E-state index contributed by atoms with van der Waals surface area (Å²) >= 11 is 0.